The van der Waals surface area contributed by atoms with Crippen LogP contribution in [0.15, 0.2) is 91.0 Å². The maximum absolute atomic E-state index is 14.4. The highest BCUT2D eigenvalue weighted by atomic mass is 32.2. The molecular formula is C44H58N6O6S. The molecule has 4 rings (SSSR count). The van der Waals surface area contributed by atoms with Crippen LogP contribution in [-0.2, 0) is 33.5 Å². The van der Waals surface area contributed by atoms with Crippen molar-refractivity contribution in [2.24, 2.45) is 5.92 Å². The Morgan fingerprint density at radius 3 is 1.44 bits per heavy atom. The van der Waals surface area contributed by atoms with Gasteiger partial charge in [0.05, 0.1) is 24.4 Å². The molecule has 12 nitrogen and oxygen atoms in total. The van der Waals surface area contributed by atoms with E-state index in [0.29, 0.717) is 6.42 Å². The zero-order valence-electron chi connectivity index (χ0n) is 34.0. The van der Waals surface area contributed by atoms with Crippen molar-refractivity contribution in [3.8, 4) is 0 Å². The van der Waals surface area contributed by atoms with E-state index in [2.05, 4.69) is 22.9 Å². The standard InChI is InChI=1S/C44H58N6O6S/c1-7-9-13-20-31(3)40-43(56)50(6)28-38(52)46-36(42(55)49(5)27-37(51)45-35(8-2)41(54)48(4)29-39(53)47-40)30-57-44(32-21-14-10-15-22-32,33-23-16-11-17-24-33)34-25-18-12-19-26-34/h10-12,14-19,21-26,31,35-36,40H,7-9,13,20,27-30H2,1-6H3,(H,45,51)(H,46,52)(H,47,53)/t31-,35-,36-,40-/m0/s1. The summed E-state index contributed by atoms with van der Waals surface area (Å²) in [5.74, 6) is -3.32. The monoisotopic (exact) mass is 798 g/mol. The molecule has 0 radical (unpaired) electrons. The summed E-state index contributed by atoms with van der Waals surface area (Å²) in [7, 11) is 4.43. The Hall–Kier alpha value is -5.17. The largest absolute Gasteiger partial charge is 0.343 e. The number of carbonyl (C=O) groups excluding carboxylic acids is 6. The highest BCUT2D eigenvalue weighted by Crippen LogP contribution is 2.48. The Labute approximate surface area is 341 Å². The van der Waals surface area contributed by atoms with Crippen molar-refractivity contribution in [3.63, 3.8) is 0 Å². The van der Waals surface area contributed by atoms with Crippen molar-refractivity contribution in [1.29, 1.82) is 0 Å². The molecule has 4 atom stereocenters. The van der Waals surface area contributed by atoms with E-state index in [0.717, 1.165) is 36.0 Å². The summed E-state index contributed by atoms with van der Waals surface area (Å²) >= 11 is 1.48. The van der Waals surface area contributed by atoms with Gasteiger partial charge in [-0.1, -0.05) is 131 Å². The summed E-state index contributed by atoms with van der Waals surface area (Å²) in [5.41, 5.74) is 2.89. The van der Waals surface area contributed by atoms with E-state index in [9.17, 15) is 28.8 Å². The Morgan fingerprint density at radius 1 is 0.596 bits per heavy atom. The molecule has 3 aromatic rings. The van der Waals surface area contributed by atoms with Crippen LogP contribution in [0.3, 0.4) is 0 Å². The number of benzene rings is 3. The summed E-state index contributed by atoms with van der Waals surface area (Å²) < 4.78 is -0.816. The van der Waals surface area contributed by atoms with Gasteiger partial charge in [0.15, 0.2) is 0 Å². The van der Waals surface area contributed by atoms with Crippen molar-refractivity contribution < 1.29 is 28.8 Å². The van der Waals surface area contributed by atoms with Gasteiger partial charge in [0.2, 0.25) is 35.4 Å². The molecule has 306 valence electrons. The average Bonchev–Trinajstić information content (AvgIpc) is 3.21. The molecular weight excluding hydrogens is 741 g/mol. The fourth-order valence-electron chi connectivity index (χ4n) is 7.17. The molecule has 57 heavy (non-hydrogen) atoms. The summed E-state index contributed by atoms with van der Waals surface area (Å²) in [6.45, 7) is 4.59. The minimum absolute atomic E-state index is 0.0842. The molecule has 1 heterocycles. The number of carbonyl (C=O) groups is 6. The maximum atomic E-state index is 14.4. The molecule has 0 aromatic heterocycles. The number of likely N-dealkylation sites (N-methyl/N-ethyl adjacent to an activating group) is 3. The predicted octanol–water partition coefficient (Wildman–Crippen LogP) is 4.18. The van der Waals surface area contributed by atoms with Crippen molar-refractivity contribution in [1.82, 2.24) is 30.7 Å². The van der Waals surface area contributed by atoms with Crippen molar-refractivity contribution in [3.05, 3.63) is 108 Å². The lowest BCUT2D eigenvalue weighted by Crippen LogP contribution is -2.57. The van der Waals surface area contributed by atoms with Crippen LogP contribution in [0.5, 0.6) is 0 Å². The predicted molar refractivity (Wildman–Crippen MR) is 224 cm³/mol. The quantitative estimate of drug-likeness (QED) is 0.184. The fourth-order valence-corrected chi connectivity index (χ4v) is 8.72. The molecule has 6 amide bonds. The SMILES string of the molecule is CCCCC[C@H](C)[C@@H]1NC(=O)CN(C)C(=O)[C@H](CC)NC(=O)CN(C)C(=O)[C@H](CSC(c2ccccc2)(c2ccccc2)c2ccccc2)NC(=O)CN(C)C1=O. The number of hydrogen-bond acceptors (Lipinski definition) is 7. The molecule has 0 aliphatic carbocycles. The number of nitrogens with zero attached hydrogens (tertiary/aromatic N) is 3. The summed E-state index contributed by atoms with van der Waals surface area (Å²) in [6, 6.07) is 26.8. The molecule has 1 aliphatic rings. The summed E-state index contributed by atoms with van der Waals surface area (Å²) in [6.07, 6.45) is 3.69. The van der Waals surface area contributed by atoms with Gasteiger partial charge in [-0.3, -0.25) is 28.8 Å². The van der Waals surface area contributed by atoms with Crippen molar-refractivity contribution in [2.75, 3.05) is 46.5 Å². The normalized spacial score (nSPS) is 20.3. The minimum atomic E-state index is -1.13. The van der Waals surface area contributed by atoms with Crippen LogP contribution >= 0.6 is 11.8 Å². The van der Waals surface area contributed by atoms with E-state index >= 15 is 0 Å². The van der Waals surface area contributed by atoms with Crippen molar-refractivity contribution >= 4 is 47.2 Å². The summed E-state index contributed by atoms with van der Waals surface area (Å²) in [4.78, 5) is 86.2. The summed E-state index contributed by atoms with van der Waals surface area (Å²) in [5, 5.41) is 8.45. The van der Waals surface area contributed by atoms with Gasteiger partial charge in [-0.05, 0) is 35.4 Å². The first-order valence-electron chi connectivity index (χ1n) is 19.8. The van der Waals surface area contributed by atoms with Crippen LogP contribution in [0.2, 0.25) is 0 Å². The van der Waals surface area contributed by atoms with Crippen LogP contribution in [0, 0.1) is 5.92 Å². The van der Waals surface area contributed by atoms with E-state index in [1.54, 1.807) is 6.92 Å². The number of thioether (sulfide) groups is 1. The average molecular weight is 799 g/mol. The molecule has 0 spiro atoms. The first-order valence-corrected chi connectivity index (χ1v) is 20.7. The van der Waals surface area contributed by atoms with Crippen LogP contribution < -0.4 is 16.0 Å². The third-order valence-corrected chi connectivity index (χ3v) is 12.0. The van der Waals surface area contributed by atoms with Crippen LogP contribution in [0.4, 0.5) is 0 Å². The molecule has 0 saturated carbocycles. The van der Waals surface area contributed by atoms with Crippen LogP contribution in [0.25, 0.3) is 0 Å². The van der Waals surface area contributed by atoms with Gasteiger partial charge in [-0.25, -0.2) is 0 Å². The lowest BCUT2D eigenvalue weighted by atomic mass is 9.84. The van der Waals surface area contributed by atoms with Gasteiger partial charge in [0.25, 0.3) is 0 Å². The molecule has 3 aromatic carbocycles. The smallest absolute Gasteiger partial charge is 0.246 e. The van der Waals surface area contributed by atoms with Crippen molar-refractivity contribution in [2.45, 2.75) is 75.7 Å². The van der Waals surface area contributed by atoms with Gasteiger partial charge in [0.1, 0.15) is 18.1 Å². The van der Waals surface area contributed by atoms with Crippen LogP contribution in [0.1, 0.15) is 69.6 Å². The number of rotatable bonds is 12. The molecule has 0 unspecified atom stereocenters. The first kappa shape index (κ1) is 44.5. The second-order valence-corrected chi connectivity index (χ2v) is 16.1. The number of unbranched alkanes of at least 4 members (excludes halogenated alkanes) is 2. The Morgan fingerprint density at radius 2 is 1.00 bits per heavy atom. The topological polar surface area (TPSA) is 148 Å². The Balaban J connectivity index is 1.74. The number of nitrogens with one attached hydrogen (secondary N) is 3. The third kappa shape index (κ3) is 11.7. The number of hydrogen-bond donors (Lipinski definition) is 3. The zero-order valence-corrected chi connectivity index (χ0v) is 34.8. The van der Waals surface area contributed by atoms with E-state index in [4.69, 9.17) is 0 Å². The zero-order chi connectivity index (χ0) is 41.5. The van der Waals surface area contributed by atoms with E-state index in [1.165, 1.54) is 47.6 Å². The molecule has 0 bridgehead atoms. The molecule has 3 N–H and O–H groups in total. The van der Waals surface area contributed by atoms with Gasteiger partial charge in [-0.2, -0.15) is 0 Å². The molecule has 1 fully saturated rings. The maximum Gasteiger partial charge on any atom is 0.246 e. The van der Waals surface area contributed by atoms with Gasteiger partial charge < -0.3 is 30.7 Å². The molecule has 1 aliphatic heterocycles. The first-order chi connectivity index (χ1) is 27.3. The highest BCUT2D eigenvalue weighted by molar-refractivity contribution is 8.00. The van der Waals surface area contributed by atoms with Crippen LogP contribution in [-0.4, -0.2) is 115 Å². The van der Waals surface area contributed by atoms with Gasteiger partial charge in [-0.15, -0.1) is 11.8 Å². The third-order valence-electron chi connectivity index (χ3n) is 10.4. The van der Waals surface area contributed by atoms with Gasteiger partial charge in [0, 0.05) is 26.9 Å². The minimum Gasteiger partial charge on any atom is -0.343 e. The molecule has 13 heteroatoms. The Bertz CT molecular complexity index is 1720. The lowest BCUT2D eigenvalue weighted by Gasteiger charge is -2.37. The van der Waals surface area contributed by atoms with E-state index < -0.39 is 58.3 Å². The Kier molecular flexibility index (Phi) is 16.7. The second kappa shape index (κ2) is 21.4. The van der Waals surface area contributed by atoms with E-state index in [-0.39, 0.29) is 37.7 Å². The van der Waals surface area contributed by atoms with E-state index in [1.807, 2.05) is 97.9 Å². The second-order valence-electron chi connectivity index (χ2n) is 14.8. The number of amides is 6. The van der Waals surface area contributed by atoms with Gasteiger partial charge >= 0.3 is 0 Å². The fraction of sp³-hybridized carbons (Fsp3) is 0.455. The lowest BCUT2D eigenvalue weighted by molar-refractivity contribution is -0.143. The molecule has 1 saturated heterocycles. The highest BCUT2D eigenvalue weighted by Gasteiger charge is 2.40.